The number of fused-ring (bicyclic) bond motifs is 5. The van der Waals surface area contributed by atoms with E-state index in [0.29, 0.717) is 50.1 Å². The molecule has 1 N–H and O–H groups in total. The van der Waals surface area contributed by atoms with Crippen molar-refractivity contribution >= 4 is 56.4 Å². The van der Waals surface area contributed by atoms with Crippen molar-refractivity contribution in [1.29, 1.82) is 0 Å². The molecule has 6 heterocycles. The molecule has 0 aliphatic carbocycles. The normalized spacial score (nSPS) is 18.1. The first kappa shape index (κ1) is 32.5. The quantitative estimate of drug-likeness (QED) is 0.240. The topological polar surface area (TPSA) is 126 Å². The summed E-state index contributed by atoms with van der Waals surface area (Å²) in [6.07, 6.45) is 5.37. The summed E-state index contributed by atoms with van der Waals surface area (Å²) in [5.74, 6) is -0.477. The van der Waals surface area contributed by atoms with Crippen molar-refractivity contribution in [3.8, 4) is 11.1 Å². The number of pyridine rings is 3. The number of aromatic amines is 1. The number of amides is 1. The van der Waals surface area contributed by atoms with Gasteiger partial charge in [-0.25, -0.2) is 19.2 Å². The van der Waals surface area contributed by atoms with Crippen molar-refractivity contribution in [2.75, 3.05) is 50.1 Å². The molecule has 13 heteroatoms. The summed E-state index contributed by atoms with van der Waals surface area (Å²) in [6, 6.07) is 6.20. The smallest absolute Gasteiger partial charge is 0.414 e. The van der Waals surface area contributed by atoms with E-state index in [1.54, 1.807) is 64.0 Å². The van der Waals surface area contributed by atoms with E-state index in [0.717, 1.165) is 37.3 Å². The first-order valence-corrected chi connectivity index (χ1v) is 16.5. The van der Waals surface area contributed by atoms with E-state index >= 15 is 4.39 Å². The third-order valence-electron chi connectivity index (χ3n) is 9.42. The van der Waals surface area contributed by atoms with Crippen LogP contribution >= 0.6 is 0 Å². The molecule has 1 aromatic carbocycles. The fourth-order valence-corrected chi connectivity index (χ4v) is 7.35. The molecule has 4 aromatic heterocycles. The van der Waals surface area contributed by atoms with Gasteiger partial charge in [0.2, 0.25) is 0 Å². The first-order valence-electron chi connectivity index (χ1n) is 16.5. The predicted octanol–water partition coefficient (Wildman–Crippen LogP) is 5.31. The minimum absolute atomic E-state index is 0.0823. The van der Waals surface area contributed by atoms with Crippen LogP contribution in [-0.2, 0) is 20.8 Å². The van der Waals surface area contributed by atoms with E-state index in [4.69, 9.17) is 14.5 Å². The molecule has 2 fully saturated rings. The van der Waals surface area contributed by atoms with Gasteiger partial charge in [0.15, 0.2) is 5.43 Å². The number of anilines is 2. The van der Waals surface area contributed by atoms with Gasteiger partial charge in [0, 0.05) is 73.9 Å². The van der Waals surface area contributed by atoms with Gasteiger partial charge in [-0.2, -0.15) is 0 Å². The van der Waals surface area contributed by atoms with Crippen LogP contribution in [0.2, 0.25) is 0 Å². The van der Waals surface area contributed by atoms with Crippen LogP contribution in [0, 0.1) is 11.7 Å². The monoisotopic (exact) mass is 669 g/mol. The van der Waals surface area contributed by atoms with Crippen LogP contribution in [-0.4, -0.2) is 88.5 Å². The summed E-state index contributed by atoms with van der Waals surface area (Å²) in [5.41, 5.74) is 3.07. The van der Waals surface area contributed by atoms with Crippen molar-refractivity contribution < 1.29 is 23.5 Å². The number of hydrogen-bond donors (Lipinski definition) is 1. The van der Waals surface area contributed by atoms with Gasteiger partial charge in [0.05, 0.1) is 34.3 Å². The Morgan fingerprint density at radius 3 is 2.67 bits per heavy atom. The summed E-state index contributed by atoms with van der Waals surface area (Å²) >= 11 is 0. The lowest BCUT2D eigenvalue weighted by Crippen LogP contribution is -2.35. The number of benzene rings is 1. The summed E-state index contributed by atoms with van der Waals surface area (Å²) in [6.45, 7) is 9.88. The Bertz CT molecular complexity index is 2190. The van der Waals surface area contributed by atoms with Gasteiger partial charge >= 0.3 is 12.1 Å². The average molecular weight is 670 g/mol. The standard InChI is InChI=1S/C36H40FN7O5/c1-7-48-29(46)19-43-10-9-28(45)23-12-21(15-39-34(23)43)25-16-38-33-30(32(25)44-11-8-20-17-41(5)18-27(20)44)24-13-22(37)14-26(31(24)40-33)42(6)35(47)49-36(2,3)4/h9-10,12-16,20,27H,7-8,11,17-19H2,1-6H3,(H,38,40). The fourth-order valence-electron chi connectivity index (χ4n) is 7.35. The fraction of sp³-hybridized carbons (Fsp3) is 0.417. The Hall–Kier alpha value is -5.04. The maximum absolute atomic E-state index is 15.5. The van der Waals surface area contributed by atoms with Crippen molar-refractivity contribution in [2.45, 2.75) is 52.3 Å². The molecular formula is C36H40FN7O5. The number of ether oxygens (including phenoxy) is 2. The lowest BCUT2D eigenvalue weighted by atomic mass is 10.00. The number of nitrogens with one attached hydrogen (secondary N) is 1. The van der Waals surface area contributed by atoms with Crippen molar-refractivity contribution in [3.05, 3.63) is 58.9 Å². The molecule has 0 bridgehead atoms. The number of carbonyl (C=O) groups is 2. The molecule has 49 heavy (non-hydrogen) atoms. The van der Waals surface area contributed by atoms with Crippen LogP contribution in [0.4, 0.5) is 20.6 Å². The van der Waals surface area contributed by atoms with Crippen molar-refractivity contribution in [1.82, 2.24) is 24.4 Å². The number of hydrogen-bond acceptors (Lipinski definition) is 9. The number of likely N-dealkylation sites (tertiary alicyclic amines) is 1. The minimum Gasteiger partial charge on any atom is -0.465 e. The van der Waals surface area contributed by atoms with Gasteiger partial charge in [-0.3, -0.25) is 14.5 Å². The number of halogens is 1. The molecule has 0 spiro atoms. The Morgan fingerprint density at radius 1 is 1.12 bits per heavy atom. The summed E-state index contributed by atoms with van der Waals surface area (Å²) in [7, 11) is 3.68. The van der Waals surface area contributed by atoms with E-state index in [1.165, 1.54) is 23.1 Å². The van der Waals surface area contributed by atoms with Crippen molar-refractivity contribution in [3.63, 3.8) is 0 Å². The highest BCUT2D eigenvalue weighted by Gasteiger charge is 2.42. The van der Waals surface area contributed by atoms with Crippen LogP contribution in [0.15, 0.2) is 47.7 Å². The molecule has 2 atom stereocenters. The van der Waals surface area contributed by atoms with E-state index in [9.17, 15) is 14.4 Å². The lowest BCUT2D eigenvalue weighted by molar-refractivity contribution is -0.143. The van der Waals surface area contributed by atoms with Crippen LogP contribution in [0.5, 0.6) is 0 Å². The average Bonchev–Trinajstić information content (AvgIpc) is 3.72. The predicted molar refractivity (Wildman–Crippen MR) is 187 cm³/mol. The maximum atomic E-state index is 15.5. The maximum Gasteiger partial charge on any atom is 0.414 e. The molecule has 1 amide bonds. The van der Waals surface area contributed by atoms with Crippen LogP contribution in [0.25, 0.3) is 44.1 Å². The van der Waals surface area contributed by atoms with Gasteiger partial charge < -0.3 is 28.8 Å². The Labute approximate surface area is 282 Å². The summed E-state index contributed by atoms with van der Waals surface area (Å²) in [5, 5.41) is 1.64. The highest BCUT2D eigenvalue weighted by atomic mass is 19.1. The minimum atomic E-state index is -0.738. The van der Waals surface area contributed by atoms with E-state index in [-0.39, 0.29) is 24.6 Å². The highest BCUT2D eigenvalue weighted by molar-refractivity contribution is 6.19. The Kier molecular flexibility index (Phi) is 8.05. The molecule has 2 saturated heterocycles. The molecule has 7 rings (SSSR count). The molecule has 5 aromatic rings. The Morgan fingerprint density at radius 2 is 1.92 bits per heavy atom. The van der Waals surface area contributed by atoms with Gasteiger partial charge in [0.25, 0.3) is 0 Å². The van der Waals surface area contributed by atoms with Gasteiger partial charge in [0.1, 0.15) is 29.3 Å². The number of carbonyl (C=O) groups excluding carboxylic acids is 2. The van der Waals surface area contributed by atoms with Gasteiger partial charge in [-0.05, 0) is 65.3 Å². The van der Waals surface area contributed by atoms with Crippen molar-refractivity contribution in [2.24, 2.45) is 5.92 Å². The van der Waals surface area contributed by atoms with E-state index < -0.39 is 23.5 Å². The highest BCUT2D eigenvalue weighted by Crippen LogP contribution is 2.46. The van der Waals surface area contributed by atoms with Crippen LogP contribution in [0.3, 0.4) is 0 Å². The molecule has 2 aliphatic rings. The van der Waals surface area contributed by atoms with Crippen LogP contribution in [0.1, 0.15) is 34.1 Å². The molecule has 12 nitrogen and oxygen atoms in total. The second kappa shape index (κ2) is 12.1. The number of likely N-dealkylation sites (N-methyl/N-ethyl adjacent to an activating group) is 1. The van der Waals surface area contributed by atoms with Gasteiger partial charge in [-0.1, -0.05) is 0 Å². The zero-order valence-electron chi connectivity index (χ0n) is 28.5. The molecule has 2 aliphatic heterocycles. The van der Waals surface area contributed by atoms with Gasteiger partial charge in [-0.15, -0.1) is 0 Å². The lowest BCUT2D eigenvalue weighted by Gasteiger charge is -2.29. The molecular weight excluding hydrogens is 629 g/mol. The third-order valence-corrected chi connectivity index (χ3v) is 9.42. The number of esters is 1. The number of nitrogens with zero attached hydrogens (tertiary/aromatic N) is 6. The van der Waals surface area contributed by atoms with E-state index in [2.05, 4.69) is 26.8 Å². The summed E-state index contributed by atoms with van der Waals surface area (Å²) < 4.78 is 27.9. The number of H-pyrrole nitrogens is 1. The second-order valence-corrected chi connectivity index (χ2v) is 14.0. The summed E-state index contributed by atoms with van der Waals surface area (Å²) in [4.78, 5) is 57.5. The second-order valence-electron chi connectivity index (χ2n) is 14.0. The van der Waals surface area contributed by atoms with E-state index in [1.807, 2.05) is 0 Å². The zero-order chi connectivity index (χ0) is 34.8. The Balaban J connectivity index is 1.45. The third kappa shape index (κ3) is 5.85. The SMILES string of the molecule is CCOC(=O)Cn1ccc(=O)c2cc(-c3cnc4[nH]c5c(N(C)C(=O)OC(C)(C)C)cc(F)cc5c4c3N3CCC4CN(C)CC43)cnc21. The molecule has 0 radical (unpaired) electrons. The number of rotatable bonds is 6. The molecule has 2 unspecified atom stereocenters. The van der Waals surface area contributed by atoms with Crippen LogP contribution < -0.4 is 15.2 Å². The molecule has 0 saturated carbocycles. The first-order chi connectivity index (χ1) is 23.3. The molecule has 256 valence electrons. The number of aromatic nitrogens is 4. The largest absolute Gasteiger partial charge is 0.465 e. The zero-order valence-corrected chi connectivity index (χ0v) is 28.5.